The quantitative estimate of drug-likeness (QED) is 0.321. The minimum Gasteiger partial charge on any atom is -0.346 e. The molecule has 0 saturated heterocycles. The van der Waals surface area contributed by atoms with Crippen molar-refractivity contribution >= 4 is 46.4 Å². The standard InChI is InChI=1S/C24H24Cl2N4/c1-3-5-21(4-2)30-15-19(14-29-30)18-11-22-17(12-27-24(22)28-13-18)7-6-16-10-20(25)8-9-23(16)26/h6-15,21H,3-5H2,1-2H3,(H,27,28). The van der Waals surface area contributed by atoms with E-state index in [-0.39, 0.29) is 0 Å². The van der Waals surface area contributed by atoms with Crippen LogP contribution in [-0.2, 0) is 0 Å². The highest BCUT2D eigenvalue weighted by atomic mass is 35.5. The Morgan fingerprint density at radius 2 is 1.90 bits per heavy atom. The second-order valence-corrected chi connectivity index (χ2v) is 8.27. The molecule has 1 aromatic carbocycles. The molecule has 3 heterocycles. The second kappa shape index (κ2) is 9.07. The second-order valence-electron chi connectivity index (χ2n) is 7.42. The van der Waals surface area contributed by atoms with Crippen LogP contribution in [0.15, 0.2) is 49.1 Å². The van der Waals surface area contributed by atoms with Gasteiger partial charge in [-0.25, -0.2) is 4.98 Å². The van der Waals surface area contributed by atoms with E-state index in [2.05, 4.69) is 45.9 Å². The van der Waals surface area contributed by atoms with Gasteiger partial charge in [0.2, 0.25) is 0 Å². The van der Waals surface area contributed by atoms with E-state index >= 15 is 0 Å². The number of H-pyrrole nitrogens is 1. The minimum absolute atomic E-state index is 0.439. The smallest absolute Gasteiger partial charge is 0.137 e. The molecule has 154 valence electrons. The van der Waals surface area contributed by atoms with Gasteiger partial charge < -0.3 is 4.98 Å². The van der Waals surface area contributed by atoms with Crippen LogP contribution in [0.1, 0.15) is 50.3 Å². The molecule has 0 bridgehead atoms. The van der Waals surface area contributed by atoms with Gasteiger partial charge in [0.1, 0.15) is 5.65 Å². The maximum Gasteiger partial charge on any atom is 0.137 e. The maximum atomic E-state index is 6.28. The summed E-state index contributed by atoms with van der Waals surface area (Å²) in [5.74, 6) is 0. The SMILES string of the molecule is CCCC(CC)n1cc(-c2cnc3[nH]cc(C=Cc4cc(Cl)ccc4Cl)c3c2)cn1. The van der Waals surface area contributed by atoms with Crippen molar-refractivity contribution in [2.75, 3.05) is 0 Å². The number of fused-ring (bicyclic) bond motifs is 1. The summed E-state index contributed by atoms with van der Waals surface area (Å²) in [4.78, 5) is 7.84. The zero-order chi connectivity index (χ0) is 21.1. The fourth-order valence-electron chi connectivity index (χ4n) is 3.68. The van der Waals surface area contributed by atoms with E-state index in [1.54, 1.807) is 12.1 Å². The Labute approximate surface area is 186 Å². The molecule has 1 unspecified atom stereocenters. The van der Waals surface area contributed by atoms with Gasteiger partial charge in [-0.15, -0.1) is 0 Å². The van der Waals surface area contributed by atoms with Crippen molar-refractivity contribution in [2.45, 2.75) is 39.2 Å². The van der Waals surface area contributed by atoms with Crippen molar-refractivity contribution < 1.29 is 0 Å². The number of hydrogen-bond acceptors (Lipinski definition) is 2. The topological polar surface area (TPSA) is 46.5 Å². The molecule has 3 aromatic heterocycles. The molecule has 4 rings (SSSR count). The fourth-order valence-corrected chi connectivity index (χ4v) is 4.05. The van der Waals surface area contributed by atoms with E-state index in [0.29, 0.717) is 16.1 Å². The molecule has 0 saturated carbocycles. The first-order valence-corrected chi connectivity index (χ1v) is 11.0. The number of rotatable bonds is 7. The van der Waals surface area contributed by atoms with Gasteiger partial charge in [0.25, 0.3) is 0 Å². The van der Waals surface area contributed by atoms with Crippen LogP contribution in [0, 0.1) is 0 Å². The minimum atomic E-state index is 0.439. The Morgan fingerprint density at radius 1 is 1.07 bits per heavy atom. The average Bonchev–Trinajstić information content (AvgIpc) is 3.39. The lowest BCUT2D eigenvalue weighted by Gasteiger charge is -2.13. The van der Waals surface area contributed by atoms with E-state index in [1.807, 2.05) is 36.8 Å². The normalized spacial score (nSPS) is 12.8. The Balaban J connectivity index is 1.66. The van der Waals surface area contributed by atoms with Crippen LogP contribution < -0.4 is 0 Å². The summed E-state index contributed by atoms with van der Waals surface area (Å²) < 4.78 is 2.09. The molecule has 6 heteroatoms. The van der Waals surface area contributed by atoms with E-state index in [9.17, 15) is 0 Å². The number of aromatic amines is 1. The van der Waals surface area contributed by atoms with Crippen LogP contribution in [-0.4, -0.2) is 19.7 Å². The molecular formula is C24H24Cl2N4. The Bertz CT molecular complexity index is 1190. The zero-order valence-corrected chi connectivity index (χ0v) is 18.6. The lowest BCUT2D eigenvalue weighted by Crippen LogP contribution is -2.07. The monoisotopic (exact) mass is 438 g/mol. The summed E-state index contributed by atoms with van der Waals surface area (Å²) in [6, 6.07) is 8.03. The summed E-state index contributed by atoms with van der Waals surface area (Å²) in [6.45, 7) is 4.42. The summed E-state index contributed by atoms with van der Waals surface area (Å²) in [5.41, 5.74) is 4.90. The fraction of sp³-hybridized carbons (Fsp3) is 0.250. The number of nitrogens with one attached hydrogen (secondary N) is 1. The molecule has 0 aliphatic rings. The lowest BCUT2D eigenvalue weighted by molar-refractivity contribution is 0.409. The molecule has 30 heavy (non-hydrogen) atoms. The summed E-state index contributed by atoms with van der Waals surface area (Å²) in [6.07, 6.45) is 15.2. The molecule has 1 atom stereocenters. The van der Waals surface area contributed by atoms with E-state index < -0.39 is 0 Å². The highest BCUT2D eigenvalue weighted by Crippen LogP contribution is 2.28. The van der Waals surface area contributed by atoms with Crippen molar-refractivity contribution in [1.29, 1.82) is 0 Å². The Morgan fingerprint density at radius 3 is 2.70 bits per heavy atom. The van der Waals surface area contributed by atoms with Gasteiger partial charge in [-0.05, 0) is 42.7 Å². The predicted molar refractivity (Wildman–Crippen MR) is 127 cm³/mol. The molecule has 4 nitrogen and oxygen atoms in total. The maximum absolute atomic E-state index is 6.28. The number of benzene rings is 1. The molecule has 0 aliphatic carbocycles. The van der Waals surface area contributed by atoms with Gasteiger partial charge in [0.15, 0.2) is 0 Å². The third-order valence-corrected chi connectivity index (χ3v) is 5.94. The summed E-state index contributed by atoms with van der Waals surface area (Å²) in [5, 5.41) is 6.98. The molecule has 1 N–H and O–H groups in total. The largest absolute Gasteiger partial charge is 0.346 e. The molecule has 0 fully saturated rings. The van der Waals surface area contributed by atoms with Crippen LogP contribution in [0.5, 0.6) is 0 Å². The number of hydrogen-bond donors (Lipinski definition) is 1. The van der Waals surface area contributed by atoms with Gasteiger partial charge in [0, 0.05) is 50.7 Å². The molecular weight excluding hydrogens is 415 g/mol. The zero-order valence-electron chi connectivity index (χ0n) is 17.1. The van der Waals surface area contributed by atoms with Gasteiger partial charge in [0.05, 0.1) is 12.2 Å². The van der Waals surface area contributed by atoms with Crippen molar-refractivity contribution in [1.82, 2.24) is 19.7 Å². The third-order valence-electron chi connectivity index (χ3n) is 5.37. The molecule has 0 radical (unpaired) electrons. The lowest BCUT2D eigenvalue weighted by atomic mass is 10.1. The Kier molecular flexibility index (Phi) is 6.26. The number of halogens is 2. The molecule has 0 amide bonds. The first-order valence-electron chi connectivity index (χ1n) is 10.2. The number of pyridine rings is 1. The highest BCUT2D eigenvalue weighted by molar-refractivity contribution is 6.34. The first kappa shape index (κ1) is 20.7. The van der Waals surface area contributed by atoms with Gasteiger partial charge in [-0.3, -0.25) is 4.68 Å². The molecule has 4 aromatic rings. The van der Waals surface area contributed by atoms with Crippen molar-refractivity contribution in [2.24, 2.45) is 0 Å². The van der Waals surface area contributed by atoms with Gasteiger partial charge in [-0.1, -0.05) is 55.6 Å². The molecule has 0 spiro atoms. The summed E-state index contributed by atoms with van der Waals surface area (Å²) in [7, 11) is 0. The van der Waals surface area contributed by atoms with E-state index in [0.717, 1.165) is 52.5 Å². The average molecular weight is 439 g/mol. The van der Waals surface area contributed by atoms with Crippen molar-refractivity contribution in [3.8, 4) is 11.1 Å². The third kappa shape index (κ3) is 4.30. The van der Waals surface area contributed by atoms with Crippen LogP contribution >= 0.6 is 23.2 Å². The van der Waals surface area contributed by atoms with Crippen molar-refractivity contribution in [3.63, 3.8) is 0 Å². The van der Waals surface area contributed by atoms with E-state index in [4.69, 9.17) is 23.2 Å². The number of nitrogens with zero attached hydrogens (tertiary/aromatic N) is 3. The van der Waals surface area contributed by atoms with Crippen LogP contribution in [0.4, 0.5) is 0 Å². The molecule has 0 aliphatic heterocycles. The first-order chi connectivity index (χ1) is 14.6. The van der Waals surface area contributed by atoms with E-state index in [1.165, 1.54) is 0 Å². The highest BCUT2D eigenvalue weighted by Gasteiger charge is 2.12. The summed E-state index contributed by atoms with van der Waals surface area (Å²) >= 11 is 12.4. The Hall–Kier alpha value is -2.56. The number of aromatic nitrogens is 4. The van der Waals surface area contributed by atoms with Crippen LogP contribution in [0.25, 0.3) is 34.3 Å². The van der Waals surface area contributed by atoms with Crippen LogP contribution in [0.2, 0.25) is 10.0 Å². The van der Waals surface area contributed by atoms with Gasteiger partial charge >= 0.3 is 0 Å². The van der Waals surface area contributed by atoms with Crippen molar-refractivity contribution in [3.05, 3.63) is 70.2 Å². The predicted octanol–water partition coefficient (Wildman–Crippen LogP) is 7.65. The van der Waals surface area contributed by atoms with Crippen LogP contribution in [0.3, 0.4) is 0 Å². The van der Waals surface area contributed by atoms with Gasteiger partial charge in [-0.2, -0.15) is 5.10 Å².